The Balaban J connectivity index is 1.40. The highest BCUT2D eigenvalue weighted by Gasteiger charge is 2.31. The molecular formula is C23H24FN5O3. The van der Waals surface area contributed by atoms with Crippen molar-refractivity contribution in [2.75, 3.05) is 36.4 Å². The first-order chi connectivity index (χ1) is 15.4. The summed E-state index contributed by atoms with van der Waals surface area (Å²) in [5.74, 6) is -0.633. The summed E-state index contributed by atoms with van der Waals surface area (Å²) in [4.78, 5) is 44.6. The number of piperazine rings is 1. The number of nitrogens with zero attached hydrogens (tertiary/aromatic N) is 3. The van der Waals surface area contributed by atoms with Gasteiger partial charge in [-0.3, -0.25) is 19.7 Å². The Labute approximate surface area is 185 Å². The van der Waals surface area contributed by atoms with Crippen LogP contribution >= 0.6 is 0 Å². The van der Waals surface area contributed by atoms with Gasteiger partial charge in [0, 0.05) is 37.4 Å². The largest absolute Gasteiger partial charge is 0.366 e. The summed E-state index contributed by atoms with van der Waals surface area (Å²) in [5.41, 5.74) is 1.63. The lowest BCUT2D eigenvalue weighted by atomic mass is 10.1. The predicted molar refractivity (Wildman–Crippen MR) is 119 cm³/mol. The fourth-order valence-electron chi connectivity index (χ4n) is 3.77. The molecule has 0 aliphatic carbocycles. The molecule has 2 heterocycles. The van der Waals surface area contributed by atoms with Gasteiger partial charge in [-0.15, -0.1) is 0 Å². The molecule has 0 spiro atoms. The summed E-state index contributed by atoms with van der Waals surface area (Å²) in [6, 6.07) is 12.3. The van der Waals surface area contributed by atoms with Crippen molar-refractivity contribution < 1.29 is 18.8 Å². The van der Waals surface area contributed by atoms with Gasteiger partial charge in [0.2, 0.25) is 17.8 Å². The van der Waals surface area contributed by atoms with Crippen molar-refractivity contribution in [1.82, 2.24) is 10.2 Å². The number of rotatable bonds is 4. The summed E-state index contributed by atoms with van der Waals surface area (Å²) in [5, 5.41) is 5.50. The summed E-state index contributed by atoms with van der Waals surface area (Å²) in [7, 11) is 0. The van der Waals surface area contributed by atoms with Crippen LogP contribution < -0.4 is 15.5 Å². The van der Waals surface area contributed by atoms with Crippen molar-refractivity contribution >= 4 is 34.9 Å². The minimum atomic E-state index is -0.851. The number of para-hydroxylation sites is 1. The van der Waals surface area contributed by atoms with E-state index in [0.29, 0.717) is 49.1 Å². The molecule has 166 valence electrons. The Kier molecular flexibility index (Phi) is 6.16. The molecule has 1 unspecified atom stereocenters. The number of carbonyl (C=O) groups excluding carboxylic acids is 3. The molecule has 2 N–H and O–H groups in total. The third-order valence-electron chi connectivity index (χ3n) is 5.54. The first kappa shape index (κ1) is 21.5. The van der Waals surface area contributed by atoms with E-state index in [2.05, 4.69) is 15.6 Å². The average molecular weight is 437 g/mol. The molecule has 0 saturated carbocycles. The molecule has 1 saturated heterocycles. The summed E-state index contributed by atoms with van der Waals surface area (Å²) in [6.45, 7) is 3.67. The van der Waals surface area contributed by atoms with Crippen LogP contribution in [0, 0.1) is 5.82 Å². The second kappa shape index (κ2) is 9.17. The highest BCUT2D eigenvalue weighted by molar-refractivity contribution is 6.06. The van der Waals surface area contributed by atoms with E-state index in [0.717, 1.165) is 0 Å². The average Bonchev–Trinajstić information content (AvgIpc) is 2.79. The van der Waals surface area contributed by atoms with Gasteiger partial charge >= 0.3 is 0 Å². The van der Waals surface area contributed by atoms with Gasteiger partial charge in [0.05, 0.1) is 12.1 Å². The first-order valence-corrected chi connectivity index (χ1v) is 10.4. The molecule has 2 amide bonds. The third kappa shape index (κ3) is 4.77. The van der Waals surface area contributed by atoms with Crippen LogP contribution in [0.15, 0.2) is 53.5 Å². The number of halogens is 1. The second-order valence-corrected chi connectivity index (χ2v) is 7.77. The van der Waals surface area contributed by atoms with Crippen molar-refractivity contribution in [3.8, 4) is 0 Å². The Morgan fingerprint density at radius 1 is 1.03 bits per heavy atom. The maximum absolute atomic E-state index is 14.1. The van der Waals surface area contributed by atoms with Gasteiger partial charge in [0.25, 0.3) is 0 Å². The fourth-order valence-corrected chi connectivity index (χ4v) is 3.77. The summed E-state index contributed by atoms with van der Waals surface area (Å²) < 4.78 is 14.1. The maximum Gasteiger partial charge on any atom is 0.249 e. The van der Waals surface area contributed by atoms with E-state index in [1.54, 1.807) is 42.5 Å². The number of anilines is 2. The molecule has 2 aromatic carbocycles. The highest BCUT2D eigenvalue weighted by atomic mass is 19.1. The summed E-state index contributed by atoms with van der Waals surface area (Å²) >= 11 is 0. The van der Waals surface area contributed by atoms with E-state index in [4.69, 9.17) is 0 Å². The number of aliphatic imine (C=N–C) groups is 1. The third-order valence-corrected chi connectivity index (χ3v) is 5.54. The van der Waals surface area contributed by atoms with Crippen LogP contribution in [0.1, 0.15) is 23.7 Å². The zero-order valence-corrected chi connectivity index (χ0v) is 17.7. The van der Waals surface area contributed by atoms with Crippen LogP contribution in [0.25, 0.3) is 0 Å². The normalized spacial score (nSPS) is 18.6. The van der Waals surface area contributed by atoms with Gasteiger partial charge < -0.3 is 15.1 Å². The molecule has 4 rings (SSSR count). The van der Waals surface area contributed by atoms with E-state index in [1.807, 2.05) is 9.80 Å². The smallest absolute Gasteiger partial charge is 0.249 e. The van der Waals surface area contributed by atoms with E-state index in [9.17, 15) is 18.8 Å². The Morgan fingerprint density at radius 3 is 2.34 bits per heavy atom. The lowest BCUT2D eigenvalue weighted by molar-refractivity contribution is -0.125. The van der Waals surface area contributed by atoms with Gasteiger partial charge in [-0.25, -0.2) is 9.38 Å². The minimum Gasteiger partial charge on any atom is -0.366 e. The van der Waals surface area contributed by atoms with Crippen LogP contribution in [0.5, 0.6) is 0 Å². The van der Waals surface area contributed by atoms with Crippen molar-refractivity contribution in [3.05, 3.63) is 59.9 Å². The first-order valence-electron chi connectivity index (χ1n) is 10.4. The quantitative estimate of drug-likeness (QED) is 0.714. The number of amides is 2. The molecule has 0 bridgehead atoms. The zero-order valence-electron chi connectivity index (χ0n) is 17.7. The number of carbonyl (C=O) groups is 3. The molecule has 2 aliphatic heterocycles. The van der Waals surface area contributed by atoms with Crippen LogP contribution in [-0.4, -0.2) is 60.7 Å². The van der Waals surface area contributed by atoms with Crippen molar-refractivity contribution in [3.63, 3.8) is 0 Å². The Hall–Kier alpha value is -3.75. The minimum absolute atomic E-state index is 0.0456. The van der Waals surface area contributed by atoms with E-state index in [1.165, 1.54) is 13.0 Å². The lowest BCUT2D eigenvalue weighted by Gasteiger charge is -2.38. The van der Waals surface area contributed by atoms with Gasteiger partial charge in [-0.1, -0.05) is 12.1 Å². The molecule has 1 atom stereocenters. The topological polar surface area (TPSA) is 94.1 Å². The number of guanidine groups is 1. The van der Waals surface area contributed by atoms with Gasteiger partial charge in [0.15, 0.2) is 5.78 Å². The van der Waals surface area contributed by atoms with E-state index in [-0.39, 0.29) is 23.9 Å². The van der Waals surface area contributed by atoms with Gasteiger partial charge in [0.1, 0.15) is 11.9 Å². The summed E-state index contributed by atoms with van der Waals surface area (Å²) in [6.07, 6.45) is -0.0456. The SMILES string of the molecule is CC(=O)c1ccc(NC(=O)C2CC(=O)NC(N3CCN(c4ccccc4F)CC3)=N2)cc1. The van der Waals surface area contributed by atoms with E-state index >= 15 is 0 Å². The van der Waals surface area contributed by atoms with Gasteiger partial charge in [-0.2, -0.15) is 0 Å². The van der Waals surface area contributed by atoms with Crippen molar-refractivity contribution in [1.29, 1.82) is 0 Å². The number of hydrogen-bond acceptors (Lipinski definition) is 6. The maximum atomic E-state index is 14.1. The second-order valence-electron chi connectivity index (χ2n) is 7.77. The molecule has 2 aliphatic rings. The number of hydrogen-bond donors (Lipinski definition) is 2. The number of ketones is 1. The molecule has 1 fully saturated rings. The molecule has 9 heteroatoms. The Morgan fingerprint density at radius 2 is 1.69 bits per heavy atom. The number of benzene rings is 2. The zero-order chi connectivity index (χ0) is 22.7. The molecule has 2 aromatic rings. The molecule has 32 heavy (non-hydrogen) atoms. The predicted octanol–water partition coefficient (Wildman–Crippen LogP) is 2.03. The highest BCUT2D eigenvalue weighted by Crippen LogP contribution is 2.21. The van der Waals surface area contributed by atoms with Gasteiger partial charge in [-0.05, 0) is 43.3 Å². The Bertz CT molecular complexity index is 1060. The lowest BCUT2D eigenvalue weighted by Crippen LogP contribution is -2.56. The van der Waals surface area contributed by atoms with E-state index < -0.39 is 11.9 Å². The standard InChI is InChI=1S/C23H24FN5O3/c1-15(30)16-6-8-17(9-7-16)25-22(32)19-14-21(31)27-23(26-19)29-12-10-28(11-13-29)20-5-3-2-4-18(20)24/h2-9,19H,10-14H2,1H3,(H,25,32)(H,26,27,31). The van der Waals surface area contributed by atoms with Crippen LogP contribution in [0.4, 0.5) is 15.8 Å². The number of Topliss-reactive ketones (excluding diaryl/α,β-unsaturated/α-hetero) is 1. The molecule has 0 aromatic heterocycles. The number of nitrogens with one attached hydrogen (secondary N) is 2. The molecule has 0 radical (unpaired) electrons. The monoisotopic (exact) mass is 437 g/mol. The van der Waals surface area contributed by atoms with Crippen LogP contribution in [0.2, 0.25) is 0 Å². The molecular weight excluding hydrogens is 413 g/mol. The van der Waals surface area contributed by atoms with Crippen molar-refractivity contribution in [2.24, 2.45) is 4.99 Å². The van der Waals surface area contributed by atoms with Crippen molar-refractivity contribution in [2.45, 2.75) is 19.4 Å². The fraction of sp³-hybridized carbons (Fsp3) is 0.304. The van der Waals surface area contributed by atoms with Crippen LogP contribution in [-0.2, 0) is 9.59 Å². The molecule has 8 nitrogen and oxygen atoms in total. The van der Waals surface area contributed by atoms with Crippen LogP contribution in [0.3, 0.4) is 0 Å².